The molecule has 0 radical (unpaired) electrons. The first-order valence-corrected chi connectivity index (χ1v) is 7.80. The van der Waals surface area contributed by atoms with E-state index in [0.717, 1.165) is 12.1 Å². The average molecular weight is 354 g/mol. The standard InChI is InChI=1S/C17H21F3N4O/c1-21-16(22-7-10-24-8-2-3-9-24)23-12-14-5-4-6-15(11-14)25-13-17(18,19)20/h2-6,8-9,11H,7,10,12-13H2,1H3,(H2,21,22,23). The topological polar surface area (TPSA) is 50.6 Å². The van der Waals surface area contributed by atoms with Gasteiger partial charge in [0, 0.05) is 39.1 Å². The fraction of sp³-hybridized carbons (Fsp3) is 0.353. The van der Waals surface area contributed by atoms with Crippen molar-refractivity contribution in [2.75, 3.05) is 20.2 Å². The number of nitrogens with zero attached hydrogens (tertiary/aromatic N) is 2. The van der Waals surface area contributed by atoms with Gasteiger partial charge in [-0.25, -0.2) is 0 Å². The fourth-order valence-electron chi connectivity index (χ4n) is 2.14. The quantitative estimate of drug-likeness (QED) is 0.594. The van der Waals surface area contributed by atoms with Gasteiger partial charge in [0.1, 0.15) is 5.75 Å². The van der Waals surface area contributed by atoms with Crippen LogP contribution >= 0.6 is 0 Å². The van der Waals surface area contributed by atoms with Gasteiger partial charge in [-0.05, 0) is 29.8 Å². The zero-order valence-corrected chi connectivity index (χ0v) is 13.9. The molecule has 0 aliphatic heterocycles. The summed E-state index contributed by atoms with van der Waals surface area (Å²) >= 11 is 0. The minimum atomic E-state index is -4.35. The first-order chi connectivity index (χ1) is 12.0. The Morgan fingerprint density at radius 3 is 2.60 bits per heavy atom. The van der Waals surface area contributed by atoms with Crippen LogP contribution in [-0.2, 0) is 13.1 Å². The van der Waals surface area contributed by atoms with Crippen molar-refractivity contribution >= 4 is 5.96 Å². The third-order valence-electron chi connectivity index (χ3n) is 3.31. The number of aromatic nitrogens is 1. The molecular formula is C17H21F3N4O. The molecule has 8 heteroatoms. The third-order valence-corrected chi connectivity index (χ3v) is 3.31. The molecule has 0 aliphatic rings. The highest BCUT2D eigenvalue weighted by atomic mass is 19.4. The molecule has 0 spiro atoms. The lowest BCUT2D eigenvalue weighted by Gasteiger charge is -2.13. The molecule has 0 saturated heterocycles. The molecule has 0 aliphatic carbocycles. The van der Waals surface area contributed by atoms with Gasteiger partial charge in [0.2, 0.25) is 0 Å². The Morgan fingerprint density at radius 2 is 1.92 bits per heavy atom. The molecular weight excluding hydrogens is 333 g/mol. The molecule has 136 valence electrons. The van der Waals surface area contributed by atoms with Gasteiger partial charge in [0.25, 0.3) is 0 Å². The molecule has 2 N–H and O–H groups in total. The summed E-state index contributed by atoms with van der Waals surface area (Å²) in [5.41, 5.74) is 0.799. The molecule has 1 aromatic heterocycles. The normalized spacial score (nSPS) is 12.1. The Balaban J connectivity index is 1.78. The van der Waals surface area contributed by atoms with Gasteiger partial charge < -0.3 is 19.9 Å². The number of aliphatic imine (C=N–C) groups is 1. The van der Waals surface area contributed by atoms with E-state index >= 15 is 0 Å². The Hall–Kier alpha value is -2.64. The van der Waals surface area contributed by atoms with E-state index < -0.39 is 12.8 Å². The first kappa shape index (κ1) is 18.7. The van der Waals surface area contributed by atoms with E-state index in [2.05, 4.69) is 15.6 Å². The van der Waals surface area contributed by atoms with Crippen LogP contribution in [0.3, 0.4) is 0 Å². The summed E-state index contributed by atoms with van der Waals surface area (Å²) in [6.45, 7) is 0.621. The van der Waals surface area contributed by atoms with E-state index in [4.69, 9.17) is 4.74 Å². The summed E-state index contributed by atoms with van der Waals surface area (Å²) in [5, 5.41) is 6.29. The molecule has 1 aromatic carbocycles. The smallest absolute Gasteiger partial charge is 0.422 e. The highest BCUT2D eigenvalue weighted by Crippen LogP contribution is 2.19. The van der Waals surface area contributed by atoms with E-state index in [1.54, 1.807) is 25.2 Å². The summed E-state index contributed by atoms with van der Waals surface area (Å²) in [7, 11) is 1.66. The van der Waals surface area contributed by atoms with Crippen molar-refractivity contribution in [3.05, 3.63) is 54.4 Å². The lowest BCUT2D eigenvalue weighted by atomic mass is 10.2. The van der Waals surface area contributed by atoms with Gasteiger partial charge in [-0.15, -0.1) is 0 Å². The second-order valence-corrected chi connectivity index (χ2v) is 5.32. The van der Waals surface area contributed by atoms with Gasteiger partial charge in [-0.1, -0.05) is 12.1 Å². The van der Waals surface area contributed by atoms with Crippen molar-refractivity contribution in [3.8, 4) is 5.75 Å². The number of guanidine groups is 1. The Labute approximate surface area is 144 Å². The predicted octanol–water partition coefficient (Wildman–Crippen LogP) is 2.79. The number of halogens is 3. The molecule has 0 saturated carbocycles. The Kier molecular flexibility index (Phi) is 6.73. The number of rotatable bonds is 7. The van der Waals surface area contributed by atoms with Crippen molar-refractivity contribution in [1.29, 1.82) is 0 Å². The molecule has 2 aromatic rings. The zero-order chi connectivity index (χ0) is 18.1. The molecule has 2 rings (SSSR count). The van der Waals surface area contributed by atoms with Crippen LogP contribution in [0.1, 0.15) is 5.56 Å². The highest BCUT2D eigenvalue weighted by Gasteiger charge is 2.28. The van der Waals surface area contributed by atoms with Gasteiger partial charge in [0.05, 0.1) is 0 Å². The largest absolute Gasteiger partial charge is 0.484 e. The van der Waals surface area contributed by atoms with Crippen LogP contribution in [0.2, 0.25) is 0 Å². The average Bonchev–Trinajstić information content (AvgIpc) is 3.09. The van der Waals surface area contributed by atoms with Gasteiger partial charge >= 0.3 is 6.18 Å². The van der Waals surface area contributed by atoms with Crippen LogP contribution in [0.25, 0.3) is 0 Å². The van der Waals surface area contributed by atoms with Crippen LogP contribution in [0, 0.1) is 0 Å². The van der Waals surface area contributed by atoms with E-state index in [1.165, 1.54) is 6.07 Å². The monoisotopic (exact) mass is 354 g/mol. The molecule has 0 amide bonds. The lowest BCUT2D eigenvalue weighted by molar-refractivity contribution is -0.153. The lowest BCUT2D eigenvalue weighted by Crippen LogP contribution is -2.38. The van der Waals surface area contributed by atoms with Crippen molar-refractivity contribution < 1.29 is 17.9 Å². The van der Waals surface area contributed by atoms with Crippen LogP contribution in [0.15, 0.2) is 53.8 Å². The first-order valence-electron chi connectivity index (χ1n) is 7.80. The van der Waals surface area contributed by atoms with Crippen molar-refractivity contribution in [2.45, 2.75) is 19.3 Å². The maximum Gasteiger partial charge on any atom is 0.422 e. The Morgan fingerprint density at radius 1 is 1.16 bits per heavy atom. The third kappa shape index (κ3) is 7.19. The minimum Gasteiger partial charge on any atom is -0.484 e. The summed E-state index contributed by atoms with van der Waals surface area (Å²) in [4.78, 5) is 4.12. The van der Waals surface area contributed by atoms with Crippen molar-refractivity contribution in [2.24, 2.45) is 4.99 Å². The second kappa shape index (κ2) is 9.00. The predicted molar refractivity (Wildman–Crippen MR) is 90.6 cm³/mol. The van der Waals surface area contributed by atoms with Crippen molar-refractivity contribution in [3.63, 3.8) is 0 Å². The van der Waals surface area contributed by atoms with Crippen LogP contribution in [0.4, 0.5) is 13.2 Å². The molecule has 0 atom stereocenters. The Bertz CT molecular complexity index is 669. The van der Waals surface area contributed by atoms with E-state index in [9.17, 15) is 13.2 Å². The highest BCUT2D eigenvalue weighted by molar-refractivity contribution is 5.79. The summed E-state index contributed by atoms with van der Waals surface area (Å²) in [6, 6.07) is 10.5. The number of alkyl halides is 3. The molecule has 0 unspecified atom stereocenters. The van der Waals surface area contributed by atoms with Gasteiger partial charge in [-0.3, -0.25) is 4.99 Å². The zero-order valence-electron chi connectivity index (χ0n) is 13.9. The second-order valence-electron chi connectivity index (χ2n) is 5.32. The molecule has 1 heterocycles. The van der Waals surface area contributed by atoms with Gasteiger partial charge in [-0.2, -0.15) is 13.2 Å². The maximum atomic E-state index is 12.2. The summed E-state index contributed by atoms with van der Waals surface area (Å²) < 4.78 is 43.4. The van der Waals surface area contributed by atoms with Crippen LogP contribution in [-0.4, -0.2) is 36.9 Å². The molecule has 0 fully saturated rings. The maximum absolute atomic E-state index is 12.2. The number of hydrogen-bond donors (Lipinski definition) is 2. The van der Waals surface area contributed by atoms with Crippen molar-refractivity contribution in [1.82, 2.24) is 15.2 Å². The van der Waals surface area contributed by atoms with Crippen LogP contribution in [0.5, 0.6) is 5.75 Å². The van der Waals surface area contributed by atoms with Crippen LogP contribution < -0.4 is 15.4 Å². The minimum absolute atomic E-state index is 0.187. The molecule has 0 bridgehead atoms. The SMILES string of the molecule is CN=C(NCCn1cccc1)NCc1cccc(OCC(F)(F)F)c1. The summed E-state index contributed by atoms with van der Waals surface area (Å²) in [6.07, 6.45) is -0.394. The van der Waals surface area contributed by atoms with E-state index in [0.29, 0.717) is 19.0 Å². The number of nitrogens with one attached hydrogen (secondary N) is 2. The fourth-order valence-corrected chi connectivity index (χ4v) is 2.14. The summed E-state index contributed by atoms with van der Waals surface area (Å²) in [5.74, 6) is 0.806. The number of hydrogen-bond acceptors (Lipinski definition) is 2. The molecule has 25 heavy (non-hydrogen) atoms. The molecule has 5 nitrogen and oxygen atoms in total. The number of ether oxygens (including phenoxy) is 1. The number of benzene rings is 1. The van der Waals surface area contributed by atoms with E-state index in [1.807, 2.05) is 29.1 Å². The van der Waals surface area contributed by atoms with E-state index in [-0.39, 0.29) is 5.75 Å². The van der Waals surface area contributed by atoms with Gasteiger partial charge in [0.15, 0.2) is 12.6 Å².